The van der Waals surface area contributed by atoms with E-state index < -0.39 is 0 Å². The fraction of sp³-hybridized carbons (Fsp3) is 0.588. The van der Waals surface area contributed by atoms with Gasteiger partial charge >= 0.3 is 0 Å². The molecule has 1 unspecified atom stereocenters. The van der Waals surface area contributed by atoms with Crippen molar-refractivity contribution in [3.63, 3.8) is 0 Å². The average Bonchev–Trinajstić information content (AvgIpc) is 2.90. The van der Waals surface area contributed by atoms with Crippen molar-refractivity contribution in [3.05, 3.63) is 23.8 Å². The normalized spacial score (nSPS) is 18.1. The Hall–Kier alpha value is -1.36. The number of thioether (sulfide) groups is 1. The Morgan fingerprint density at radius 3 is 2.59 bits per heavy atom. The Morgan fingerprint density at radius 1 is 1.27 bits per heavy atom. The Labute approximate surface area is 137 Å². The number of hydrogen-bond acceptors (Lipinski definition) is 4. The summed E-state index contributed by atoms with van der Waals surface area (Å²) in [5, 5.41) is 0.273. The molecule has 5 heteroatoms. The molecular weight excluding hydrogens is 298 g/mol. The van der Waals surface area contributed by atoms with Crippen molar-refractivity contribution in [3.8, 4) is 11.5 Å². The van der Waals surface area contributed by atoms with E-state index in [4.69, 9.17) is 9.47 Å². The van der Waals surface area contributed by atoms with E-state index in [9.17, 15) is 4.79 Å². The quantitative estimate of drug-likeness (QED) is 0.769. The van der Waals surface area contributed by atoms with Gasteiger partial charge in [0.25, 0.3) is 0 Å². The lowest BCUT2D eigenvalue weighted by molar-refractivity contribution is -0.129. The van der Waals surface area contributed by atoms with Gasteiger partial charge < -0.3 is 14.4 Å². The molecule has 1 saturated heterocycles. The fourth-order valence-corrected chi connectivity index (χ4v) is 4.41. The molecule has 0 spiro atoms. The number of carbonyl (C=O) groups is 1. The summed E-state index contributed by atoms with van der Waals surface area (Å²) in [5.74, 6) is 2.88. The molecule has 0 radical (unpaired) electrons. The summed E-state index contributed by atoms with van der Waals surface area (Å²) in [6.07, 6.45) is 2.19. The van der Waals surface area contributed by atoms with Crippen LogP contribution in [0, 0.1) is 5.92 Å². The van der Waals surface area contributed by atoms with Crippen molar-refractivity contribution < 1.29 is 14.3 Å². The summed E-state index contributed by atoms with van der Waals surface area (Å²) in [4.78, 5) is 14.3. The van der Waals surface area contributed by atoms with E-state index in [2.05, 4.69) is 13.8 Å². The number of ether oxygens (including phenoxy) is 2. The zero-order chi connectivity index (χ0) is 16.1. The van der Waals surface area contributed by atoms with Gasteiger partial charge in [-0.3, -0.25) is 4.79 Å². The van der Waals surface area contributed by atoms with Crippen molar-refractivity contribution in [2.75, 3.05) is 20.0 Å². The highest BCUT2D eigenvalue weighted by molar-refractivity contribution is 8.01. The van der Waals surface area contributed by atoms with Crippen molar-refractivity contribution in [2.24, 2.45) is 5.92 Å². The number of benzene rings is 1. The molecule has 0 aromatic heterocycles. The van der Waals surface area contributed by atoms with Crippen LogP contribution >= 0.6 is 11.8 Å². The van der Waals surface area contributed by atoms with E-state index in [1.807, 2.05) is 23.1 Å². The standard InChI is InChI=1S/C17H25NO3S/c1-5-12(6-2)17-18(16(19)11-22-17)10-13-7-8-14(20-3)9-15(13)21-4/h7-9,12,17H,5-6,10-11H2,1-4H3. The molecule has 0 N–H and O–H groups in total. The first-order valence-electron chi connectivity index (χ1n) is 7.76. The van der Waals surface area contributed by atoms with Gasteiger partial charge in [0.15, 0.2) is 0 Å². The lowest BCUT2D eigenvalue weighted by atomic mass is 10.0. The molecule has 4 nitrogen and oxygen atoms in total. The van der Waals surface area contributed by atoms with Crippen LogP contribution in [0.4, 0.5) is 0 Å². The molecular formula is C17H25NO3S. The number of hydrogen-bond donors (Lipinski definition) is 0. The molecule has 1 aromatic carbocycles. The third-order valence-corrected chi connectivity index (χ3v) is 5.69. The Kier molecular flexibility index (Phi) is 6.00. The Bertz CT molecular complexity index is 517. The van der Waals surface area contributed by atoms with Gasteiger partial charge in [0.2, 0.25) is 5.91 Å². The molecule has 1 aliphatic rings. The van der Waals surface area contributed by atoms with Gasteiger partial charge in [-0.05, 0) is 18.1 Å². The summed E-state index contributed by atoms with van der Waals surface area (Å²) in [7, 11) is 3.29. The van der Waals surface area contributed by atoms with Crippen molar-refractivity contribution >= 4 is 17.7 Å². The number of methoxy groups -OCH3 is 2. The van der Waals surface area contributed by atoms with Crippen LogP contribution in [-0.4, -0.2) is 36.2 Å². The van der Waals surface area contributed by atoms with Gasteiger partial charge in [0.1, 0.15) is 11.5 Å². The second-order valence-electron chi connectivity index (χ2n) is 5.48. The molecule has 1 aliphatic heterocycles. The molecule has 22 heavy (non-hydrogen) atoms. The molecule has 122 valence electrons. The third kappa shape index (κ3) is 3.51. The van der Waals surface area contributed by atoms with Crippen LogP contribution in [0.3, 0.4) is 0 Å². The maximum atomic E-state index is 12.3. The van der Waals surface area contributed by atoms with Crippen LogP contribution in [-0.2, 0) is 11.3 Å². The molecule has 0 saturated carbocycles. The molecule has 1 atom stereocenters. The van der Waals surface area contributed by atoms with Crippen LogP contribution < -0.4 is 9.47 Å². The van der Waals surface area contributed by atoms with Gasteiger partial charge in [-0.15, -0.1) is 11.8 Å². The van der Waals surface area contributed by atoms with Gasteiger partial charge in [0.05, 0.1) is 31.9 Å². The Morgan fingerprint density at radius 2 is 2.00 bits per heavy atom. The second kappa shape index (κ2) is 7.77. The number of nitrogens with zero attached hydrogens (tertiary/aromatic N) is 1. The molecule has 0 aliphatic carbocycles. The molecule has 1 heterocycles. The van der Waals surface area contributed by atoms with Crippen LogP contribution in [0.15, 0.2) is 18.2 Å². The summed E-state index contributed by atoms with van der Waals surface area (Å²) >= 11 is 1.77. The van der Waals surface area contributed by atoms with E-state index in [-0.39, 0.29) is 11.3 Å². The van der Waals surface area contributed by atoms with Crippen LogP contribution in [0.1, 0.15) is 32.3 Å². The molecule has 2 rings (SSSR count). The summed E-state index contributed by atoms with van der Waals surface area (Å²) in [5.41, 5.74) is 1.02. The topological polar surface area (TPSA) is 38.8 Å². The predicted octanol–water partition coefficient (Wildman–Crippen LogP) is 3.54. The molecule has 0 bridgehead atoms. The summed E-state index contributed by atoms with van der Waals surface area (Å²) in [6.45, 7) is 4.99. The smallest absolute Gasteiger partial charge is 0.233 e. The van der Waals surface area contributed by atoms with Gasteiger partial charge in [0, 0.05) is 11.6 Å². The lowest BCUT2D eigenvalue weighted by Crippen LogP contribution is -2.36. The minimum Gasteiger partial charge on any atom is -0.497 e. The monoisotopic (exact) mass is 323 g/mol. The lowest BCUT2D eigenvalue weighted by Gasteiger charge is -2.30. The highest BCUT2D eigenvalue weighted by Crippen LogP contribution is 2.36. The first-order chi connectivity index (χ1) is 10.6. The van der Waals surface area contributed by atoms with Crippen LogP contribution in [0.5, 0.6) is 11.5 Å². The van der Waals surface area contributed by atoms with Gasteiger partial charge in [-0.2, -0.15) is 0 Å². The van der Waals surface area contributed by atoms with Crippen molar-refractivity contribution in [2.45, 2.75) is 38.6 Å². The SMILES string of the molecule is CCC(CC)C1SCC(=O)N1Cc1ccc(OC)cc1OC. The van der Waals surface area contributed by atoms with E-state index in [1.165, 1.54) is 0 Å². The highest BCUT2D eigenvalue weighted by atomic mass is 32.2. The Balaban J connectivity index is 2.22. The average molecular weight is 323 g/mol. The first-order valence-corrected chi connectivity index (χ1v) is 8.81. The van der Waals surface area contributed by atoms with E-state index in [1.54, 1.807) is 26.0 Å². The summed E-state index contributed by atoms with van der Waals surface area (Å²) < 4.78 is 10.7. The number of carbonyl (C=O) groups excluding carboxylic acids is 1. The van der Waals surface area contributed by atoms with Gasteiger partial charge in [-0.1, -0.05) is 26.7 Å². The first kappa shape index (κ1) is 17.0. The van der Waals surface area contributed by atoms with Crippen molar-refractivity contribution in [1.29, 1.82) is 0 Å². The largest absolute Gasteiger partial charge is 0.497 e. The number of amides is 1. The van der Waals surface area contributed by atoms with Gasteiger partial charge in [-0.25, -0.2) is 0 Å². The minimum absolute atomic E-state index is 0.222. The maximum Gasteiger partial charge on any atom is 0.233 e. The summed E-state index contributed by atoms with van der Waals surface area (Å²) in [6, 6.07) is 5.77. The van der Waals surface area contributed by atoms with Crippen LogP contribution in [0.25, 0.3) is 0 Å². The molecule has 1 aromatic rings. The molecule has 1 fully saturated rings. The van der Waals surface area contributed by atoms with Crippen LogP contribution in [0.2, 0.25) is 0 Å². The fourth-order valence-electron chi connectivity index (χ4n) is 2.90. The molecule has 1 amide bonds. The highest BCUT2D eigenvalue weighted by Gasteiger charge is 2.36. The predicted molar refractivity (Wildman–Crippen MR) is 90.4 cm³/mol. The zero-order valence-electron chi connectivity index (χ0n) is 13.8. The van der Waals surface area contributed by atoms with E-state index in [0.717, 1.165) is 29.9 Å². The minimum atomic E-state index is 0.222. The van der Waals surface area contributed by atoms with E-state index in [0.29, 0.717) is 18.2 Å². The zero-order valence-corrected chi connectivity index (χ0v) is 14.6. The maximum absolute atomic E-state index is 12.3. The number of rotatable bonds is 7. The second-order valence-corrected chi connectivity index (χ2v) is 6.58. The van der Waals surface area contributed by atoms with E-state index >= 15 is 0 Å². The third-order valence-electron chi connectivity index (χ3n) is 4.29. The van der Waals surface area contributed by atoms with Crippen molar-refractivity contribution in [1.82, 2.24) is 4.90 Å².